The maximum absolute atomic E-state index is 13.6. The Morgan fingerprint density at radius 3 is 2.79 bits per heavy atom. The van der Waals surface area contributed by atoms with E-state index in [9.17, 15) is 14.0 Å². The third-order valence-electron chi connectivity index (χ3n) is 4.01. The first-order chi connectivity index (χ1) is 11.3. The van der Waals surface area contributed by atoms with Gasteiger partial charge in [0.15, 0.2) is 5.13 Å². The summed E-state index contributed by atoms with van der Waals surface area (Å²) in [5, 5.41) is 8.05. The number of anilines is 1. The van der Waals surface area contributed by atoms with Gasteiger partial charge in [0.05, 0.1) is 5.69 Å². The van der Waals surface area contributed by atoms with Gasteiger partial charge in [-0.25, -0.2) is 0 Å². The molecule has 0 radical (unpaired) electrons. The van der Waals surface area contributed by atoms with Gasteiger partial charge >= 0.3 is 0 Å². The molecule has 1 saturated heterocycles. The zero-order valence-electron chi connectivity index (χ0n) is 12.7. The molecule has 2 aromatic heterocycles. The van der Waals surface area contributed by atoms with Crippen LogP contribution < -0.4 is 5.32 Å². The average molecular weight is 436 g/mol. The molecule has 2 aromatic rings. The molecule has 0 unspecified atom stereocenters. The molecule has 0 spiro atoms. The highest BCUT2D eigenvalue weighted by Gasteiger charge is 2.46. The molecule has 2 amide bonds. The molecule has 1 N–H and O–H groups in total. The summed E-state index contributed by atoms with van der Waals surface area (Å²) < 4.78 is 15.5. The molecule has 0 saturated carbocycles. The summed E-state index contributed by atoms with van der Waals surface area (Å²) in [4.78, 5) is 26.6. The molecule has 1 aliphatic rings. The number of thiophene rings is 1. The van der Waals surface area contributed by atoms with E-state index in [4.69, 9.17) is 11.6 Å². The number of likely N-dealkylation sites (N-methyl/N-ethyl adjacent to an activating group) is 1. The van der Waals surface area contributed by atoms with Gasteiger partial charge in [0, 0.05) is 32.1 Å². The van der Waals surface area contributed by atoms with Crippen molar-refractivity contribution < 1.29 is 14.0 Å². The molecule has 3 rings (SSSR count). The fraction of sp³-hybridized carbons (Fsp3) is 0.357. The minimum Gasteiger partial charge on any atom is -0.344 e. The SMILES string of the molecule is CN1C[C@H](c2c(Br)nn(C)c2Cl)[C@@H](C(=O)Nc2ccsc2F)C1=O. The molecule has 0 bridgehead atoms. The van der Waals surface area contributed by atoms with Crippen LogP contribution in [0.3, 0.4) is 0 Å². The van der Waals surface area contributed by atoms with Crippen LogP contribution in [-0.2, 0) is 16.6 Å². The van der Waals surface area contributed by atoms with Crippen molar-refractivity contribution in [3.63, 3.8) is 0 Å². The molecule has 24 heavy (non-hydrogen) atoms. The maximum atomic E-state index is 13.6. The predicted octanol–water partition coefficient (Wildman–Crippen LogP) is 2.85. The van der Waals surface area contributed by atoms with Crippen LogP contribution in [-0.4, -0.2) is 40.1 Å². The van der Waals surface area contributed by atoms with Gasteiger partial charge in [-0.15, -0.1) is 11.3 Å². The average Bonchev–Trinajstić information content (AvgIpc) is 3.11. The number of hydrogen-bond acceptors (Lipinski definition) is 4. The lowest BCUT2D eigenvalue weighted by atomic mass is 9.89. The Labute approximate surface area is 154 Å². The number of hydrogen-bond donors (Lipinski definition) is 1. The first kappa shape index (κ1) is 17.4. The van der Waals surface area contributed by atoms with Crippen LogP contribution in [0, 0.1) is 11.0 Å². The highest BCUT2D eigenvalue weighted by Crippen LogP contribution is 2.40. The Morgan fingerprint density at radius 1 is 1.54 bits per heavy atom. The van der Waals surface area contributed by atoms with E-state index in [0.717, 1.165) is 11.3 Å². The fourth-order valence-corrected chi connectivity index (χ4v) is 4.51. The smallest absolute Gasteiger partial charge is 0.237 e. The van der Waals surface area contributed by atoms with Crippen molar-refractivity contribution >= 4 is 56.4 Å². The van der Waals surface area contributed by atoms with Crippen molar-refractivity contribution in [3.05, 3.63) is 31.9 Å². The Kier molecular flexibility index (Phi) is 4.67. The van der Waals surface area contributed by atoms with Gasteiger partial charge < -0.3 is 10.2 Å². The van der Waals surface area contributed by atoms with Crippen LogP contribution in [0.15, 0.2) is 16.0 Å². The predicted molar refractivity (Wildman–Crippen MR) is 92.7 cm³/mol. The van der Waals surface area contributed by atoms with Gasteiger partial charge in [0.1, 0.15) is 15.7 Å². The van der Waals surface area contributed by atoms with Gasteiger partial charge in [0.2, 0.25) is 11.8 Å². The Morgan fingerprint density at radius 2 is 2.25 bits per heavy atom. The standard InChI is InChI=1S/C14H13BrClFN4O2S/c1-20-5-6(8-10(15)19-21(2)11(8)16)9(14(20)23)13(22)18-7-3-4-24-12(7)17/h3-4,6,9H,5H2,1-2H3,(H,18,22)/t6-,9+/m1/s1. The van der Waals surface area contributed by atoms with Crippen LogP contribution in [0.1, 0.15) is 11.5 Å². The summed E-state index contributed by atoms with van der Waals surface area (Å²) in [6.45, 7) is 0.326. The molecule has 128 valence electrons. The minimum absolute atomic E-state index is 0.0717. The molecular formula is C14H13BrClFN4O2S. The zero-order chi connectivity index (χ0) is 17.6. The fourth-order valence-electron chi connectivity index (χ4n) is 2.84. The molecule has 3 heterocycles. The van der Waals surface area contributed by atoms with E-state index < -0.39 is 22.9 Å². The molecule has 0 aliphatic carbocycles. The minimum atomic E-state index is -0.993. The molecular weight excluding hydrogens is 423 g/mol. The van der Waals surface area contributed by atoms with Crippen molar-refractivity contribution in [2.24, 2.45) is 13.0 Å². The number of nitrogens with zero attached hydrogens (tertiary/aromatic N) is 3. The largest absolute Gasteiger partial charge is 0.344 e. The Bertz CT molecular complexity index is 824. The van der Waals surface area contributed by atoms with E-state index in [2.05, 4.69) is 26.3 Å². The maximum Gasteiger partial charge on any atom is 0.237 e. The summed E-state index contributed by atoms with van der Waals surface area (Å²) in [5.74, 6) is -2.36. The van der Waals surface area contributed by atoms with Gasteiger partial charge in [-0.3, -0.25) is 14.3 Å². The van der Waals surface area contributed by atoms with Gasteiger partial charge in [-0.1, -0.05) is 11.6 Å². The number of likely N-dealkylation sites (tertiary alicyclic amines) is 1. The summed E-state index contributed by atoms with van der Waals surface area (Å²) in [5.41, 5.74) is 0.672. The van der Waals surface area contributed by atoms with Gasteiger partial charge in [-0.05, 0) is 27.4 Å². The van der Waals surface area contributed by atoms with Crippen molar-refractivity contribution in [2.75, 3.05) is 18.9 Å². The normalized spacial score (nSPS) is 20.7. The monoisotopic (exact) mass is 434 g/mol. The van der Waals surface area contributed by atoms with Crippen molar-refractivity contribution in [1.29, 1.82) is 0 Å². The number of nitrogens with one attached hydrogen (secondary N) is 1. The van der Waals surface area contributed by atoms with E-state index >= 15 is 0 Å². The number of carbonyl (C=O) groups excluding carboxylic acids is 2. The highest BCUT2D eigenvalue weighted by atomic mass is 79.9. The van der Waals surface area contributed by atoms with Crippen LogP contribution >= 0.6 is 38.9 Å². The zero-order valence-corrected chi connectivity index (χ0v) is 15.9. The molecule has 2 atom stereocenters. The molecule has 6 nitrogen and oxygen atoms in total. The molecule has 1 aliphatic heterocycles. The van der Waals surface area contributed by atoms with E-state index in [1.165, 1.54) is 21.0 Å². The second-order valence-corrected chi connectivity index (χ2v) is 7.49. The Balaban J connectivity index is 1.95. The van der Waals surface area contributed by atoms with E-state index in [-0.39, 0.29) is 11.6 Å². The lowest BCUT2D eigenvalue weighted by molar-refractivity contribution is -0.135. The van der Waals surface area contributed by atoms with Crippen LogP contribution in [0.5, 0.6) is 0 Å². The summed E-state index contributed by atoms with van der Waals surface area (Å²) in [7, 11) is 3.29. The Hall–Kier alpha value is -1.45. The lowest BCUT2D eigenvalue weighted by Crippen LogP contribution is -2.32. The number of carbonyl (C=O) groups is 2. The van der Waals surface area contributed by atoms with E-state index in [1.54, 1.807) is 14.1 Å². The van der Waals surface area contributed by atoms with Crippen molar-refractivity contribution in [2.45, 2.75) is 5.92 Å². The number of aromatic nitrogens is 2. The first-order valence-electron chi connectivity index (χ1n) is 6.98. The number of halogens is 3. The summed E-state index contributed by atoms with van der Waals surface area (Å²) in [6.07, 6.45) is 0. The number of amides is 2. The van der Waals surface area contributed by atoms with Crippen molar-refractivity contribution in [1.82, 2.24) is 14.7 Å². The second-order valence-electron chi connectivity index (χ2n) is 5.52. The summed E-state index contributed by atoms with van der Waals surface area (Å²) >= 11 is 10.5. The van der Waals surface area contributed by atoms with Crippen molar-refractivity contribution in [3.8, 4) is 0 Å². The third-order valence-corrected chi connectivity index (χ3v) is 5.74. The molecule has 10 heteroatoms. The molecule has 0 aromatic carbocycles. The highest BCUT2D eigenvalue weighted by molar-refractivity contribution is 9.10. The topological polar surface area (TPSA) is 67.2 Å². The first-order valence-corrected chi connectivity index (χ1v) is 9.03. The van der Waals surface area contributed by atoms with E-state index in [0.29, 0.717) is 21.9 Å². The second kappa shape index (κ2) is 6.45. The summed E-state index contributed by atoms with van der Waals surface area (Å²) in [6, 6.07) is 1.46. The molecule has 1 fully saturated rings. The quantitative estimate of drug-likeness (QED) is 0.754. The van der Waals surface area contributed by atoms with Crippen LogP contribution in [0.25, 0.3) is 0 Å². The number of rotatable bonds is 3. The lowest BCUT2D eigenvalue weighted by Gasteiger charge is -2.16. The van der Waals surface area contributed by atoms with Crippen LogP contribution in [0.2, 0.25) is 5.15 Å². The van der Waals surface area contributed by atoms with E-state index in [1.807, 2.05) is 0 Å². The number of aryl methyl sites for hydroxylation is 1. The van der Waals surface area contributed by atoms with Gasteiger partial charge in [-0.2, -0.15) is 9.49 Å². The third kappa shape index (κ3) is 2.84. The van der Waals surface area contributed by atoms with Gasteiger partial charge in [0.25, 0.3) is 0 Å². The van der Waals surface area contributed by atoms with Crippen LogP contribution in [0.4, 0.5) is 10.1 Å².